The van der Waals surface area contributed by atoms with E-state index in [4.69, 9.17) is 9.47 Å². The van der Waals surface area contributed by atoms with Crippen molar-refractivity contribution in [2.75, 3.05) is 13.7 Å². The maximum Gasteiger partial charge on any atom is 0.310 e. The van der Waals surface area contributed by atoms with Gasteiger partial charge in [-0.2, -0.15) is 0 Å². The van der Waals surface area contributed by atoms with Crippen molar-refractivity contribution >= 4 is 29.0 Å². The molecule has 0 aliphatic heterocycles. The lowest BCUT2D eigenvalue weighted by atomic mass is 10.1. The number of nitrogens with one attached hydrogen (secondary N) is 1. The highest BCUT2D eigenvalue weighted by atomic mass is 32.1. The summed E-state index contributed by atoms with van der Waals surface area (Å²) < 4.78 is 23.4. The summed E-state index contributed by atoms with van der Waals surface area (Å²) >= 11 is 1.23. The number of carbonyl (C=O) groups is 3. The van der Waals surface area contributed by atoms with E-state index in [0.717, 1.165) is 4.88 Å². The summed E-state index contributed by atoms with van der Waals surface area (Å²) in [5.74, 6) is -1.60. The van der Waals surface area contributed by atoms with Gasteiger partial charge in [0.25, 0.3) is 0 Å². The second kappa shape index (κ2) is 9.10. The Morgan fingerprint density at radius 2 is 1.96 bits per heavy atom. The van der Waals surface area contributed by atoms with Gasteiger partial charge in [-0.15, -0.1) is 11.3 Å². The summed E-state index contributed by atoms with van der Waals surface area (Å²) in [6.45, 7) is 1.36. The van der Waals surface area contributed by atoms with Crippen molar-refractivity contribution in [1.29, 1.82) is 0 Å². The van der Waals surface area contributed by atoms with Crippen LogP contribution in [-0.4, -0.2) is 31.4 Å². The largest absolute Gasteiger partial charge is 0.494 e. The SMILES string of the molecule is COc1ccc(CC(=O)OCC(=O)c2ccc(CNC(C)=O)s2)cc1F. The molecule has 2 aromatic rings. The van der Waals surface area contributed by atoms with Crippen LogP contribution in [0.4, 0.5) is 4.39 Å². The number of carbonyl (C=O) groups excluding carboxylic acids is 3. The molecule has 0 radical (unpaired) electrons. The first-order valence-electron chi connectivity index (χ1n) is 7.73. The van der Waals surface area contributed by atoms with E-state index in [2.05, 4.69) is 5.32 Å². The Morgan fingerprint density at radius 3 is 2.62 bits per heavy atom. The van der Waals surface area contributed by atoms with Gasteiger partial charge in [0.05, 0.1) is 25.0 Å². The molecule has 8 heteroatoms. The molecule has 1 aromatic carbocycles. The Balaban J connectivity index is 1.84. The maximum absolute atomic E-state index is 13.6. The number of rotatable bonds is 8. The Bertz CT molecular complexity index is 818. The average Bonchev–Trinajstić information content (AvgIpc) is 3.07. The summed E-state index contributed by atoms with van der Waals surface area (Å²) in [6, 6.07) is 7.52. The van der Waals surface area contributed by atoms with Gasteiger partial charge < -0.3 is 14.8 Å². The van der Waals surface area contributed by atoms with Crippen molar-refractivity contribution in [2.24, 2.45) is 0 Å². The number of hydrogen-bond acceptors (Lipinski definition) is 6. The van der Waals surface area contributed by atoms with Gasteiger partial charge in [0, 0.05) is 11.8 Å². The van der Waals surface area contributed by atoms with Gasteiger partial charge in [-0.3, -0.25) is 14.4 Å². The fraction of sp³-hybridized carbons (Fsp3) is 0.278. The zero-order valence-corrected chi connectivity index (χ0v) is 15.2. The van der Waals surface area contributed by atoms with Gasteiger partial charge in [0.1, 0.15) is 0 Å². The number of esters is 1. The first-order valence-corrected chi connectivity index (χ1v) is 8.55. The lowest BCUT2D eigenvalue weighted by Crippen LogP contribution is -2.18. The summed E-state index contributed by atoms with van der Waals surface area (Å²) in [4.78, 5) is 36.0. The van der Waals surface area contributed by atoms with Crippen molar-refractivity contribution in [3.8, 4) is 5.75 Å². The number of amides is 1. The molecular weight excluding hydrogens is 361 g/mol. The Morgan fingerprint density at radius 1 is 1.19 bits per heavy atom. The number of hydrogen-bond donors (Lipinski definition) is 1. The van der Waals surface area contributed by atoms with E-state index in [0.29, 0.717) is 17.0 Å². The fourth-order valence-corrected chi connectivity index (χ4v) is 2.96. The van der Waals surface area contributed by atoms with Crippen molar-refractivity contribution in [1.82, 2.24) is 5.32 Å². The summed E-state index contributed by atoms with van der Waals surface area (Å²) in [5, 5.41) is 2.64. The first kappa shape index (κ1) is 19.6. The lowest BCUT2D eigenvalue weighted by molar-refractivity contribution is -0.141. The number of thiophene rings is 1. The van der Waals surface area contributed by atoms with E-state index >= 15 is 0 Å². The van der Waals surface area contributed by atoms with Crippen LogP contribution in [0.1, 0.15) is 27.0 Å². The van der Waals surface area contributed by atoms with E-state index in [1.165, 1.54) is 37.5 Å². The first-order chi connectivity index (χ1) is 12.4. The Labute approximate surface area is 153 Å². The van der Waals surface area contributed by atoms with E-state index < -0.39 is 18.4 Å². The molecule has 1 heterocycles. The highest BCUT2D eigenvalue weighted by molar-refractivity contribution is 7.14. The third-order valence-electron chi connectivity index (χ3n) is 3.38. The zero-order valence-electron chi connectivity index (χ0n) is 14.3. The van der Waals surface area contributed by atoms with E-state index in [-0.39, 0.29) is 23.9 Å². The van der Waals surface area contributed by atoms with E-state index in [1.54, 1.807) is 18.2 Å². The van der Waals surface area contributed by atoms with Crippen molar-refractivity contribution in [3.63, 3.8) is 0 Å². The molecule has 0 bridgehead atoms. The number of methoxy groups -OCH3 is 1. The molecule has 0 unspecified atom stereocenters. The number of Topliss-reactive ketones (excluding diaryl/α,β-unsaturated/α-hetero) is 1. The third kappa shape index (κ3) is 5.66. The monoisotopic (exact) mass is 379 g/mol. The molecule has 6 nitrogen and oxygen atoms in total. The molecule has 1 N–H and O–H groups in total. The van der Waals surface area contributed by atoms with Crippen LogP contribution in [-0.2, 0) is 27.3 Å². The second-order valence-electron chi connectivity index (χ2n) is 5.41. The molecule has 0 aliphatic carbocycles. The van der Waals surface area contributed by atoms with Gasteiger partial charge in [-0.05, 0) is 29.8 Å². The molecule has 0 saturated carbocycles. The van der Waals surface area contributed by atoms with Crippen LogP contribution < -0.4 is 10.1 Å². The highest BCUT2D eigenvalue weighted by Crippen LogP contribution is 2.19. The normalized spacial score (nSPS) is 10.3. The van der Waals surface area contributed by atoms with Crippen LogP contribution in [0.5, 0.6) is 5.75 Å². The number of ether oxygens (including phenoxy) is 2. The minimum absolute atomic E-state index is 0.0880. The third-order valence-corrected chi connectivity index (χ3v) is 4.50. The van der Waals surface area contributed by atoms with E-state index in [9.17, 15) is 18.8 Å². The van der Waals surface area contributed by atoms with Crippen LogP contribution in [0.3, 0.4) is 0 Å². The maximum atomic E-state index is 13.6. The molecule has 0 aliphatic rings. The Hall–Kier alpha value is -2.74. The molecule has 1 amide bonds. The van der Waals surface area contributed by atoms with Gasteiger partial charge in [0.2, 0.25) is 11.7 Å². The van der Waals surface area contributed by atoms with E-state index in [1.807, 2.05) is 0 Å². The summed E-state index contributed by atoms with van der Waals surface area (Å²) in [7, 11) is 1.35. The number of benzene rings is 1. The quantitative estimate of drug-likeness (QED) is 0.563. The van der Waals surface area contributed by atoms with Gasteiger partial charge in [0.15, 0.2) is 18.2 Å². The molecule has 26 heavy (non-hydrogen) atoms. The van der Waals surface area contributed by atoms with Crippen LogP contribution in [0.2, 0.25) is 0 Å². The van der Waals surface area contributed by atoms with Crippen LogP contribution in [0.15, 0.2) is 30.3 Å². The fourth-order valence-electron chi connectivity index (χ4n) is 2.09. The molecule has 2 rings (SSSR count). The van der Waals surface area contributed by atoms with Crippen molar-refractivity contribution in [2.45, 2.75) is 19.9 Å². The molecular formula is C18H18FNO5S. The lowest BCUT2D eigenvalue weighted by Gasteiger charge is -2.06. The second-order valence-corrected chi connectivity index (χ2v) is 6.57. The smallest absolute Gasteiger partial charge is 0.310 e. The van der Waals surface area contributed by atoms with Crippen LogP contribution in [0, 0.1) is 5.82 Å². The zero-order chi connectivity index (χ0) is 19.1. The molecule has 138 valence electrons. The minimum Gasteiger partial charge on any atom is -0.494 e. The molecule has 0 spiro atoms. The van der Waals surface area contributed by atoms with Gasteiger partial charge in [-0.1, -0.05) is 6.07 Å². The summed E-state index contributed by atoms with van der Waals surface area (Å²) in [5.41, 5.74) is 0.425. The van der Waals surface area contributed by atoms with Gasteiger partial charge in [-0.25, -0.2) is 4.39 Å². The minimum atomic E-state index is -0.627. The molecule has 0 saturated heterocycles. The molecule has 0 fully saturated rings. The topological polar surface area (TPSA) is 81.7 Å². The standard InChI is InChI=1S/C18H18FNO5S/c1-11(21)20-9-13-4-6-17(26-13)15(22)10-25-18(23)8-12-3-5-16(24-2)14(19)7-12/h3-7H,8-10H2,1-2H3,(H,20,21). The Kier molecular flexibility index (Phi) is 6.85. The highest BCUT2D eigenvalue weighted by Gasteiger charge is 2.14. The van der Waals surface area contributed by atoms with Gasteiger partial charge >= 0.3 is 5.97 Å². The number of halogens is 1. The van der Waals surface area contributed by atoms with Crippen molar-refractivity contribution in [3.05, 3.63) is 51.5 Å². The average molecular weight is 379 g/mol. The predicted molar refractivity (Wildman–Crippen MR) is 93.8 cm³/mol. The van der Waals surface area contributed by atoms with Crippen LogP contribution in [0.25, 0.3) is 0 Å². The molecule has 0 atom stereocenters. The predicted octanol–water partition coefficient (Wildman–Crippen LogP) is 2.50. The number of ketones is 1. The van der Waals surface area contributed by atoms with Crippen molar-refractivity contribution < 1.29 is 28.2 Å². The molecule has 1 aromatic heterocycles. The summed E-state index contributed by atoms with van der Waals surface area (Å²) in [6.07, 6.45) is -0.146. The van der Waals surface area contributed by atoms with Crippen LogP contribution >= 0.6 is 11.3 Å².